The van der Waals surface area contributed by atoms with E-state index in [9.17, 15) is 14.0 Å². The molecule has 1 fully saturated rings. The Balaban J connectivity index is 2.16. The van der Waals surface area contributed by atoms with Gasteiger partial charge in [-0.25, -0.2) is 9.18 Å². The van der Waals surface area contributed by atoms with Crippen molar-refractivity contribution in [3.63, 3.8) is 0 Å². The molecule has 1 aromatic rings. The topological polar surface area (TPSA) is 76.1 Å². The maximum absolute atomic E-state index is 13.3. The summed E-state index contributed by atoms with van der Waals surface area (Å²) in [5.41, 5.74) is 0.245. The molecule has 0 aromatic heterocycles. The number of halogens is 1. The van der Waals surface area contributed by atoms with Crippen molar-refractivity contribution < 1.29 is 28.6 Å². The van der Waals surface area contributed by atoms with Gasteiger partial charge in [0.15, 0.2) is 17.7 Å². The minimum absolute atomic E-state index is 0.0288. The molecule has 0 radical (unpaired) electrons. The summed E-state index contributed by atoms with van der Waals surface area (Å²) in [4.78, 5) is 24.5. The molecular weight excluding hydrogens is 269 g/mol. The Morgan fingerprint density at radius 1 is 1.50 bits per heavy atom. The molecule has 2 rings (SSSR count). The molecule has 0 bridgehead atoms. The van der Waals surface area contributed by atoms with Gasteiger partial charge in [-0.05, 0) is 18.2 Å². The van der Waals surface area contributed by atoms with Gasteiger partial charge < -0.3 is 19.5 Å². The molecular formula is C13H14FNO5. The Labute approximate surface area is 114 Å². The number of ether oxygens (including phenoxy) is 2. The van der Waals surface area contributed by atoms with Crippen molar-refractivity contribution in [2.45, 2.75) is 6.10 Å². The van der Waals surface area contributed by atoms with Gasteiger partial charge in [0.05, 0.1) is 20.3 Å². The number of benzene rings is 1. The van der Waals surface area contributed by atoms with Crippen molar-refractivity contribution in [3.8, 4) is 5.75 Å². The molecule has 0 spiro atoms. The number of amides is 1. The summed E-state index contributed by atoms with van der Waals surface area (Å²) < 4.78 is 23.2. The van der Waals surface area contributed by atoms with Crippen LogP contribution in [-0.2, 0) is 9.53 Å². The second-order valence-electron chi connectivity index (χ2n) is 4.30. The van der Waals surface area contributed by atoms with Gasteiger partial charge in [-0.1, -0.05) is 0 Å². The zero-order valence-electron chi connectivity index (χ0n) is 10.8. The molecule has 1 aliphatic heterocycles. The first-order valence-electron chi connectivity index (χ1n) is 6.00. The highest BCUT2D eigenvalue weighted by Crippen LogP contribution is 2.20. The highest BCUT2D eigenvalue weighted by molar-refractivity contribution is 5.95. The van der Waals surface area contributed by atoms with Gasteiger partial charge in [0.1, 0.15) is 0 Å². The monoisotopic (exact) mass is 283 g/mol. The van der Waals surface area contributed by atoms with E-state index in [1.165, 1.54) is 24.1 Å². The summed E-state index contributed by atoms with van der Waals surface area (Å²) in [6.45, 7) is 0.414. The zero-order chi connectivity index (χ0) is 14.7. The van der Waals surface area contributed by atoms with E-state index < -0.39 is 17.9 Å². The molecule has 1 amide bonds. The van der Waals surface area contributed by atoms with Gasteiger partial charge in [-0.3, -0.25) is 4.79 Å². The van der Waals surface area contributed by atoms with Crippen LogP contribution in [-0.4, -0.2) is 54.8 Å². The summed E-state index contributed by atoms with van der Waals surface area (Å²) >= 11 is 0. The Morgan fingerprint density at radius 3 is 2.90 bits per heavy atom. The summed E-state index contributed by atoms with van der Waals surface area (Å²) in [6, 6.07) is 3.77. The third kappa shape index (κ3) is 2.88. The Hall–Kier alpha value is -2.15. The molecule has 1 N–H and O–H groups in total. The van der Waals surface area contributed by atoms with Crippen molar-refractivity contribution in [2.24, 2.45) is 0 Å². The largest absolute Gasteiger partial charge is 0.494 e. The van der Waals surface area contributed by atoms with Crippen molar-refractivity contribution in [2.75, 3.05) is 26.8 Å². The number of rotatable bonds is 3. The number of hydrogen-bond acceptors (Lipinski definition) is 4. The van der Waals surface area contributed by atoms with Gasteiger partial charge in [0, 0.05) is 12.1 Å². The highest BCUT2D eigenvalue weighted by Gasteiger charge is 2.29. The number of carboxylic acid groups (broad SMARTS) is 1. The second-order valence-corrected chi connectivity index (χ2v) is 4.30. The smallest absolute Gasteiger partial charge is 0.334 e. The lowest BCUT2D eigenvalue weighted by atomic mass is 10.1. The van der Waals surface area contributed by atoms with E-state index >= 15 is 0 Å². The SMILES string of the molecule is COc1cc(C(=O)N2CCOC(C(=O)O)C2)ccc1F. The third-order valence-corrected chi connectivity index (χ3v) is 3.03. The van der Waals surface area contributed by atoms with Crippen LogP contribution in [0.15, 0.2) is 18.2 Å². The number of morpholine rings is 1. The molecule has 1 aromatic carbocycles. The first-order valence-corrected chi connectivity index (χ1v) is 6.00. The fraction of sp³-hybridized carbons (Fsp3) is 0.385. The van der Waals surface area contributed by atoms with Crippen LogP contribution in [0.5, 0.6) is 5.75 Å². The second kappa shape index (κ2) is 5.87. The fourth-order valence-corrected chi connectivity index (χ4v) is 1.96. The average Bonchev–Trinajstić information content (AvgIpc) is 2.47. The predicted octanol–water partition coefficient (Wildman–Crippen LogP) is 0.760. The van der Waals surface area contributed by atoms with Crippen LogP contribution >= 0.6 is 0 Å². The lowest BCUT2D eigenvalue weighted by Gasteiger charge is -2.31. The van der Waals surface area contributed by atoms with Crippen LogP contribution in [0.3, 0.4) is 0 Å². The average molecular weight is 283 g/mol. The van der Waals surface area contributed by atoms with E-state index in [0.717, 1.165) is 6.07 Å². The van der Waals surface area contributed by atoms with E-state index in [4.69, 9.17) is 14.6 Å². The van der Waals surface area contributed by atoms with Crippen molar-refractivity contribution >= 4 is 11.9 Å². The van der Waals surface area contributed by atoms with Crippen molar-refractivity contribution in [3.05, 3.63) is 29.6 Å². The quantitative estimate of drug-likeness (QED) is 0.886. The summed E-state index contributed by atoms with van der Waals surface area (Å²) in [6.07, 6.45) is -1.03. The van der Waals surface area contributed by atoms with E-state index in [1.807, 2.05) is 0 Å². The van der Waals surface area contributed by atoms with E-state index in [1.54, 1.807) is 0 Å². The van der Waals surface area contributed by atoms with E-state index in [-0.39, 0.29) is 30.4 Å². The van der Waals surface area contributed by atoms with Gasteiger partial charge in [-0.2, -0.15) is 0 Å². The predicted molar refractivity (Wildman–Crippen MR) is 66.2 cm³/mol. The minimum atomic E-state index is -1.11. The summed E-state index contributed by atoms with van der Waals surface area (Å²) in [5.74, 6) is -2.08. The lowest BCUT2D eigenvalue weighted by molar-refractivity contribution is -0.154. The van der Waals surface area contributed by atoms with E-state index in [0.29, 0.717) is 6.54 Å². The normalized spacial score (nSPS) is 18.7. The van der Waals surface area contributed by atoms with Gasteiger partial charge >= 0.3 is 5.97 Å². The number of carbonyl (C=O) groups excluding carboxylic acids is 1. The molecule has 1 unspecified atom stereocenters. The number of aliphatic carboxylic acids is 1. The molecule has 20 heavy (non-hydrogen) atoms. The number of carboxylic acids is 1. The van der Waals surface area contributed by atoms with Crippen LogP contribution in [0.25, 0.3) is 0 Å². The molecule has 1 heterocycles. The lowest BCUT2D eigenvalue weighted by Crippen LogP contribution is -2.48. The highest BCUT2D eigenvalue weighted by atomic mass is 19.1. The molecule has 1 atom stereocenters. The summed E-state index contributed by atoms with van der Waals surface area (Å²) in [7, 11) is 1.31. The van der Waals surface area contributed by atoms with Crippen LogP contribution in [0.2, 0.25) is 0 Å². The Kier molecular flexibility index (Phi) is 4.19. The number of methoxy groups -OCH3 is 1. The third-order valence-electron chi connectivity index (χ3n) is 3.03. The minimum Gasteiger partial charge on any atom is -0.494 e. The van der Waals surface area contributed by atoms with Crippen molar-refractivity contribution in [1.82, 2.24) is 4.90 Å². The molecule has 0 aliphatic carbocycles. The molecule has 108 valence electrons. The Bertz CT molecular complexity index is 533. The molecule has 6 nitrogen and oxygen atoms in total. The molecule has 7 heteroatoms. The molecule has 1 aliphatic rings. The molecule has 0 saturated carbocycles. The number of hydrogen-bond donors (Lipinski definition) is 1. The van der Waals surface area contributed by atoms with Crippen LogP contribution in [0.1, 0.15) is 10.4 Å². The Morgan fingerprint density at radius 2 is 2.25 bits per heavy atom. The van der Waals surface area contributed by atoms with E-state index in [2.05, 4.69) is 0 Å². The zero-order valence-corrected chi connectivity index (χ0v) is 10.8. The van der Waals surface area contributed by atoms with Gasteiger partial charge in [0.25, 0.3) is 5.91 Å². The maximum Gasteiger partial charge on any atom is 0.334 e. The summed E-state index contributed by atoms with van der Waals surface area (Å²) in [5, 5.41) is 8.89. The van der Waals surface area contributed by atoms with Crippen LogP contribution in [0, 0.1) is 5.82 Å². The molecule has 1 saturated heterocycles. The maximum atomic E-state index is 13.3. The van der Waals surface area contributed by atoms with Gasteiger partial charge in [-0.15, -0.1) is 0 Å². The van der Waals surface area contributed by atoms with Crippen LogP contribution in [0.4, 0.5) is 4.39 Å². The standard InChI is InChI=1S/C13H14FNO5/c1-19-10-6-8(2-3-9(10)14)12(16)15-4-5-20-11(7-15)13(17)18/h2-3,6,11H,4-5,7H2,1H3,(H,17,18). The van der Waals surface area contributed by atoms with Crippen LogP contribution < -0.4 is 4.74 Å². The fourth-order valence-electron chi connectivity index (χ4n) is 1.96. The van der Waals surface area contributed by atoms with Gasteiger partial charge in [0.2, 0.25) is 0 Å². The number of carbonyl (C=O) groups is 2. The number of nitrogens with zero attached hydrogens (tertiary/aromatic N) is 1. The first kappa shape index (κ1) is 14.3. The van der Waals surface area contributed by atoms with Crippen molar-refractivity contribution in [1.29, 1.82) is 0 Å². The first-order chi connectivity index (χ1) is 9.52.